The van der Waals surface area contributed by atoms with Gasteiger partial charge in [0.2, 0.25) is 17.7 Å². The second-order valence-electron chi connectivity index (χ2n) is 19.9. The van der Waals surface area contributed by atoms with Crippen LogP contribution >= 0.6 is 11.3 Å². The van der Waals surface area contributed by atoms with Crippen molar-refractivity contribution in [2.45, 2.75) is 91.9 Å². The number of aliphatic hydroxyl groups is 1. The van der Waals surface area contributed by atoms with Crippen LogP contribution in [0, 0.1) is 19.3 Å². The Hall–Kier alpha value is -7.16. The van der Waals surface area contributed by atoms with Crippen molar-refractivity contribution in [2.24, 2.45) is 5.41 Å². The molecule has 1 fully saturated rings. The standard InChI is InChI=1S/C56H66N8O10S/c1-35-47-27-44(66)17-20-48(47)63(51(35)40-13-15-43(65)16-14-40)29-38-7-18-46(19-8-38)74-22-21-62-30-42(60-61-62)32-72-25-23-71-24-26-73-33-50(68)59-53(56(4,5)6)55(70)64-31-45(67)28-49(64)54(69)58-36(2)39-9-11-41(12-10-39)52-37(3)57-34-75-52/h7-20,27,30,34,36,45,49,53,65-67H,21-26,28-29,31-33H2,1-6H3,(H,58,69)(H,59,68)/t36-,45+,49-,53+/m0/s1. The number of amides is 3. The Morgan fingerprint density at radius 3 is 2.24 bits per heavy atom. The first-order valence-corrected chi connectivity index (χ1v) is 25.9. The maximum absolute atomic E-state index is 14.0. The molecule has 1 aliphatic heterocycles. The number of aryl methyl sites for hydroxylation is 2. The number of fused-ring (bicyclic) bond motifs is 1. The molecule has 8 rings (SSSR count). The highest BCUT2D eigenvalue weighted by atomic mass is 32.1. The Morgan fingerprint density at radius 2 is 1.53 bits per heavy atom. The van der Waals surface area contributed by atoms with Gasteiger partial charge in [-0.2, -0.15) is 0 Å². The number of hydrogen-bond donors (Lipinski definition) is 5. The van der Waals surface area contributed by atoms with Gasteiger partial charge in [-0.05, 0) is 109 Å². The zero-order valence-electron chi connectivity index (χ0n) is 43.2. The van der Waals surface area contributed by atoms with E-state index in [0.717, 1.165) is 60.7 Å². The topological polar surface area (TPSA) is 225 Å². The summed E-state index contributed by atoms with van der Waals surface area (Å²) in [6.07, 6.45) is 0.997. The van der Waals surface area contributed by atoms with Crippen LogP contribution in [0.4, 0.5) is 0 Å². The van der Waals surface area contributed by atoms with Crippen LogP contribution in [0.1, 0.15) is 68.2 Å². The van der Waals surface area contributed by atoms with Crippen molar-refractivity contribution < 1.29 is 48.7 Å². The van der Waals surface area contributed by atoms with Crippen molar-refractivity contribution >= 4 is 40.0 Å². The van der Waals surface area contributed by atoms with Crippen molar-refractivity contribution in [2.75, 3.05) is 46.2 Å². The summed E-state index contributed by atoms with van der Waals surface area (Å²) in [5.41, 5.74) is 9.74. The van der Waals surface area contributed by atoms with Crippen molar-refractivity contribution in [3.8, 4) is 38.9 Å². The van der Waals surface area contributed by atoms with Gasteiger partial charge in [-0.3, -0.25) is 14.4 Å². The predicted octanol–water partition coefficient (Wildman–Crippen LogP) is 7.10. The number of phenolic OH excluding ortho intramolecular Hbond substituents is 2. The Balaban J connectivity index is 0.705. The molecule has 7 aromatic rings. The molecule has 0 spiro atoms. The molecule has 0 aliphatic carbocycles. The smallest absolute Gasteiger partial charge is 0.246 e. The molecule has 0 saturated carbocycles. The molecule has 0 bridgehead atoms. The van der Waals surface area contributed by atoms with E-state index in [1.54, 1.807) is 46.5 Å². The van der Waals surface area contributed by atoms with Crippen LogP contribution in [-0.2, 0) is 48.3 Å². The highest BCUT2D eigenvalue weighted by Gasteiger charge is 2.44. The zero-order valence-corrected chi connectivity index (χ0v) is 44.0. The lowest BCUT2D eigenvalue weighted by Crippen LogP contribution is -2.58. The summed E-state index contributed by atoms with van der Waals surface area (Å²) in [6.45, 7) is 13.7. The molecule has 3 amide bonds. The number of phenols is 2. The maximum atomic E-state index is 14.0. The Morgan fingerprint density at radius 1 is 0.840 bits per heavy atom. The highest BCUT2D eigenvalue weighted by molar-refractivity contribution is 7.13. The minimum atomic E-state index is -0.983. The monoisotopic (exact) mass is 1040 g/mol. The third-order valence-corrected chi connectivity index (χ3v) is 14.1. The normalized spacial score (nSPS) is 15.5. The molecule has 3 aromatic heterocycles. The SMILES string of the molecule is Cc1ncsc1-c1ccc([C@H](C)NC(=O)[C@@H]2C[C@@H](O)CN2C(=O)[C@@H](NC(=O)COCCOCCOCc2cn(CCOc3ccc(Cn4c(-c5ccc(O)cc5)c(C)c5cc(O)ccc54)cc3)nn2)C(C)(C)C)cc1. The molecule has 75 heavy (non-hydrogen) atoms. The fourth-order valence-corrected chi connectivity index (χ4v) is 10.0. The van der Waals surface area contributed by atoms with Gasteiger partial charge < -0.3 is 54.4 Å². The van der Waals surface area contributed by atoms with Crippen molar-refractivity contribution in [3.05, 3.63) is 131 Å². The lowest BCUT2D eigenvalue weighted by molar-refractivity contribution is -0.144. The summed E-state index contributed by atoms with van der Waals surface area (Å²) in [5.74, 6) is -0.200. The Labute approximate surface area is 440 Å². The summed E-state index contributed by atoms with van der Waals surface area (Å²) in [7, 11) is 0. The quantitative estimate of drug-likeness (QED) is 0.0404. The Bertz CT molecular complexity index is 3040. The second kappa shape index (κ2) is 24.5. The molecule has 4 aromatic carbocycles. The number of thiazole rings is 1. The largest absolute Gasteiger partial charge is 0.508 e. The lowest BCUT2D eigenvalue weighted by atomic mass is 9.85. The summed E-state index contributed by atoms with van der Waals surface area (Å²) in [4.78, 5) is 47.5. The predicted molar refractivity (Wildman–Crippen MR) is 284 cm³/mol. The first kappa shape index (κ1) is 54.1. The van der Waals surface area contributed by atoms with Crippen LogP contribution < -0.4 is 15.4 Å². The Kier molecular flexibility index (Phi) is 17.6. The number of aromatic hydroxyl groups is 2. The van der Waals surface area contributed by atoms with Crippen LogP contribution in [0.25, 0.3) is 32.6 Å². The van der Waals surface area contributed by atoms with Gasteiger partial charge in [0.05, 0.1) is 79.7 Å². The average Bonchev–Trinajstić information content (AvgIpc) is 4.19. The number of benzene rings is 4. The minimum absolute atomic E-state index is 0.0294. The minimum Gasteiger partial charge on any atom is -0.508 e. The third kappa shape index (κ3) is 13.8. The van der Waals surface area contributed by atoms with E-state index in [4.69, 9.17) is 18.9 Å². The van der Waals surface area contributed by atoms with E-state index in [1.165, 1.54) is 4.90 Å². The number of aromatic nitrogens is 5. The number of β-amino-alcohol motifs (C(OH)–C–C–N with tert-alkyl or cyclic N) is 1. The van der Waals surface area contributed by atoms with Crippen LogP contribution in [-0.4, -0.2) is 127 Å². The van der Waals surface area contributed by atoms with Crippen LogP contribution in [0.2, 0.25) is 0 Å². The van der Waals surface area contributed by atoms with E-state index in [9.17, 15) is 29.7 Å². The summed E-state index contributed by atoms with van der Waals surface area (Å²) >= 11 is 1.57. The fraction of sp³-hybridized carbons (Fsp3) is 0.393. The number of rotatable bonds is 23. The van der Waals surface area contributed by atoms with Gasteiger partial charge >= 0.3 is 0 Å². The summed E-state index contributed by atoms with van der Waals surface area (Å²) < 4.78 is 26.8. The van der Waals surface area contributed by atoms with Gasteiger partial charge in [0.25, 0.3) is 0 Å². The molecule has 4 atom stereocenters. The number of carbonyl (C=O) groups excluding carboxylic acids is 3. The second-order valence-corrected chi connectivity index (χ2v) is 20.7. The third-order valence-electron chi connectivity index (χ3n) is 13.2. The van der Waals surface area contributed by atoms with Crippen molar-refractivity contribution in [1.82, 2.24) is 40.1 Å². The van der Waals surface area contributed by atoms with E-state index in [2.05, 4.69) is 30.5 Å². The lowest BCUT2D eigenvalue weighted by Gasteiger charge is -2.35. The first-order valence-electron chi connectivity index (χ1n) is 25.1. The van der Waals surface area contributed by atoms with Crippen LogP contribution in [0.3, 0.4) is 0 Å². The van der Waals surface area contributed by atoms with Gasteiger partial charge in [-0.1, -0.05) is 62.4 Å². The summed E-state index contributed by atoms with van der Waals surface area (Å²) in [6, 6.07) is 26.2. The molecule has 1 saturated heterocycles. The molecule has 18 nitrogen and oxygen atoms in total. The van der Waals surface area contributed by atoms with Crippen molar-refractivity contribution in [3.63, 3.8) is 0 Å². The molecule has 0 unspecified atom stereocenters. The fourth-order valence-electron chi connectivity index (χ4n) is 9.21. The molecular formula is C56H66N8O10S. The number of aliphatic hydroxyl groups excluding tert-OH is 1. The van der Waals surface area contributed by atoms with Crippen LogP contribution in [0.5, 0.6) is 17.2 Å². The maximum Gasteiger partial charge on any atom is 0.246 e. The first-order chi connectivity index (χ1) is 36.0. The van der Waals surface area contributed by atoms with Crippen LogP contribution in [0.15, 0.2) is 103 Å². The highest BCUT2D eigenvalue weighted by Crippen LogP contribution is 2.37. The number of carbonyl (C=O) groups is 3. The van der Waals surface area contributed by atoms with Gasteiger partial charge in [-0.15, -0.1) is 16.4 Å². The van der Waals surface area contributed by atoms with Gasteiger partial charge in [-0.25, -0.2) is 9.67 Å². The molecule has 4 heterocycles. The van der Waals surface area contributed by atoms with E-state index >= 15 is 0 Å². The van der Waals surface area contributed by atoms with Gasteiger partial charge in [0.1, 0.15) is 48.2 Å². The van der Waals surface area contributed by atoms with E-state index in [-0.39, 0.29) is 69.4 Å². The van der Waals surface area contributed by atoms with E-state index in [1.807, 2.05) is 114 Å². The number of nitrogens with one attached hydrogen (secondary N) is 2. The zero-order chi connectivity index (χ0) is 53.2. The number of nitrogens with zero attached hydrogens (tertiary/aromatic N) is 6. The van der Waals surface area contributed by atoms with E-state index < -0.39 is 35.4 Å². The molecular weight excluding hydrogens is 977 g/mol. The number of likely N-dealkylation sites (tertiary alicyclic amines) is 1. The molecule has 0 radical (unpaired) electrons. The number of hydrogen-bond acceptors (Lipinski definition) is 14. The molecule has 1 aliphatic rings. The van der Waals surface area contributed by atoms with E-state index in [0.29, 0.717) is 32.0 Å². The molecule has 5 N–H and O–H groups in total. The summed E-state index contributed by atoms with van der Waals surface area (Å²) in [5, 5.41) is 45.9. The molecule has 396 valence electrons. The van der Waals surface area contributed by atoms with Gasteiger partial charge in [0, 0.05) is 30.4 Å². The molecule has 19 heteroatoms. The average molecular weight is 1040 g/mol. The van der Waals surface area contributed by atoms with Gasteiger partial charge in [0.15, 0.2) is 0 Å². The van der Waals surface area contributed by atoms with Crippen molar-refractivity contribution in [1.29, 1.82) is 0 Å². The number of ether oxygens (including phenoxy) is 4.